The van der Waals surface area contributed by atoms with Gasteiger partial charge in [0.1, 0.15) is 13.2 Å². The molecule has 1 aromatic heterocycles. The van der Waals surface area contributed by atoms with Gasteiger partial charge in [0, 0.05) is 12.5 Å². The van der Waals surface area contributed by atoms with Gasteiger partial charge in [0.05, 0.1) is 0 Å². The highest BCUT2D eigenvalue weighted by atomic mass is 19.3. The predicted octanol–water partition coefficient (Wildman–Crippen LogP) is 2.03. The normalized spacial score (nSPS) is 13.9. The first-order chi connectivity index (χ1) is 9.39. The van der Waals surface area contributed by atoms with E-state index >= 15 is 0 Å². The molecule has 1 N–H and O–H groups in total. The second kappa shape index (κ2) is 7.53. The van der Waals surface area contributed by atoms with Crippen LogP contribution in [0.15, 0.2) is 4.52 Å². The molecule has 0 saturated heterocycles. The van der Waals surface area contributed by atoms with Gasteiger partial charge in [-0.3, -0.25) is 0 Å². The minimum absolute atomic E-state index is 0.0519. The molecule has 0 fully saturated rings. The number of ether oxygens (including phenoxy) is 1. The topological polar surface area (TPSA) is 60.2 Å². The quantitative estimate of drug-likeness (QED) is 0.707. The Hall–Kier alpha value is -1.22. The van der Waals surface area contributed by atoms with E-state index in [4.69, 9.17) is 4.52 Å². The van der Waals surface area contributed by atoms with Gasteiger partial charge in [0.2, 0.25) is 5.89 Å². The van der Waals surface area contributed by atoms with Crippen LogP contribution >= 0.6 is 0 Å². The van der Waals surface area contributed by atoms with Crippen molar-refractivity contribution in [2.45, 2.75) is 44.8 Å². The van der Waals surface area contributed by atoms with Crippen molar-refractivity contribution in [3.63, 3.8) is 0 Å². The van der Waals surface area contributed by atoms with Crippen LogP contribution in [-0.2, 0) is 17.8 Å². The van der Waals surface area contributed by atoms with Crippen molar-refractivity contribution < 1.29 is 26.8 Å². The van der Waals surface area contributed by atoms with E-state index in [0.717, 1.165) is 6.42 Å². The molecule has 1 atom stereocenters. The summed E-state index contributed by atoms with van der Waals surface area (Å²) in [5.74, 6) is -3.78. The van der Waals surface area contributed by atoms with Crippen LogP contribution in [0.25, 0.3) is 0 Å². The minimum atomic E-state index is -4.17. The molecule has 0 aliphatic carbocycles. The predicted molar refractivity (Wildman–Crippen MR) is 61.7 cm³/mol. The van der Waals surface area contributed by atoms with Crippen molar-refractivity contribution in [1.82, 2.24) is 15.5 Å². The fraction of sp³-hybridized carbons (Fsp3) is 0.818. The van der Waals surface area contributed by atoms with E-state index in [-0.39, 0.29) is 11.9 Å². The number of halogens is 4. The van der Waals surface area contributed by atoms with E-state index in [1.54, 1.807) is 7.05 Å². The van der Waals surface area contributed by atoms with Crippen LogP contribution < -0.4 is 5.32 Å². The third-order valence-corrected chi connectivity index (χ3v) is 2.68. The maximum absolute atomic E-state index is 12.6. The molecule has 1 rings (SSSR count). The van der Waals surface area contributed by atoms with Crippen molar-refractivity contribution in [2.75, 3.05) is 13.7 Å². The van der Waals surface area contributed by atoms with Crippen molar-refractivity contribution in [2.24, 2.45) is 0 Å². The summed E-state index contributed by atoms with van der Waals surface area (Å²) in [4.78, 5) is 3.94. The molecule has 20 heavy (non-hydrogen) atoms. The molecular formula is C11H17F4N3O2. The Balaban J connectivity index is 2.41. The Morgan fingerprint density at radius 1 is 1.40 bits per heavy atom. The number of likely N-dealkylation sites (N-methyl/N-ethyl adjacent to an activating group) is 1. The van der Waals surface area contributed by atoms with Crippen LogP contribution in [0.1, 0.15) is 25.1 Å². The number of rotatable bonds is 9. The summed E-state index contributed by atoms with van der Waals surface area (Å²) in [6.45, 7) is 0.193. The lowest BCUT2D eigenvalue weighted by Gasteiger charge is -2.14. The Kier molecular flexibility index (Phi) is 6.34. The molecular weight excluding hydrogens is 282 g/mol. The van der Waals surface area contributed by atoms with Crippen LogP contribution in [0.5, 0.6) is 0 Å². The lowest BCUT2D eigenvalue weighted by molar-refractivity contribution is -0.168. The number of alkyl halides is 4. The Morgan fingerprint density at radius 2 is 2.10 bits per heavy atom. The summed E-state index contributed by atoms with van der Waals surface area (Å²) in [6, 6.07) is 0.160. The number of hydrogen-bond donors (Lipinski definition) is 1. The molecule has 0 aliphatic rings. The van der Waals surface area contributed by atoms with E-state index in [0.29, 0.717) is 12.3 Å². The van der Waals surface area contributed by atoms with Gasteiger partial charge in [-0.1, -0.05) is 12.1 Å². The molecule has 1 unspecified atom stereocenters. The molecule has 5 nitrogen and oxygen atoms in total. The monoisotopic (exact) mass is 299 g/mol. The molecule has 0 saturated carbocycles. The summed E-state index contributed by atoms with van der Waals surface area (Å²) < 4.78 is 58.3. The summed E-state index contributed by atoms with van der Waals surface area (Å²) in [7, 11) is 1.79. The first-order valence-electron chi connectivity index (χ1n) is 6.11. The highest BCUT2D eigenvalue weighted by Crippen LogP contribution is 2.23. The summed E-state index contributed by atoms with van der Waals surface area (Å²) in [5.41, 5.74) is 0. The van der Waals surface area contributed by atoms with Crippen LogP contribution in [0.2, 0.25) is 0 Å². The number of nitrogens with zero attached hydrogens (tertiary/aromatic N) is 2. The second-order valence-electron chi connectivity index (χ2n) is 4.26. The molecule has 0 bridgehead atoms. The first kappa shape index (κ1) is 16.8. The second-order valence-corrected chi connectivity index (χ2v) is 4.26. The minimum Gasteiger partial charge on any atom is -0.367 e. The fourth-order valence-electron chi connectivity index (χ4n) is 1.43. The van der Waals surface area contributed by atoms with Gasteiger partial charge in [0.15, 0.2) is 5.82 Å². The standard InChI is InChI=1S/C11H17F4N3O2/c1-3-7(16-2)4-9-17-8(18-20-9)5-19-6-11(14,15)10(12)13/h7,10,16H,3-6H2,1-2H3. The van der Waals surface area contributed by atoms with E-state index in [1.165, 1.54) is 0 Å². The largest absolute Gasteiger partial charge is 0.367 e. The number of aromatic nitrogens is 2. The van der Waals surface area contributed by atoms with Crippen LogP contribution in [0.3, 0.4) is 0 Å². The van der Waals surface area contributed by atoms with Gasteiger partial charge in [-0.05, 0) is 13.5 Å². The molecule has 0 aromatic carbocycles. The fourth-order valence-corrected chi connectivity index (χ4v) is 1.43. The van der Waals surface area contributed by atoms with Crippen LogP contribution in [-0.4, -0.2) is 42.2 Å². The summed E-state index contributed by atoms with van der Waals surface area (Å²) in [5, 5.41) is 6.57. The van der Waals surface area contributed by atoms with E-state index in [2.05, 4.69) is 20.2 Å². The van der Waals surface area contributed by atoms with Gasteiger partial charge in [-0.2, -0.15) is 13.8 Å². The van der Waals surface area contributed by atoms with Crippen molar-refractivity contribution in [1.29, 1.82) is 0 Å². The summed E-state index contributed by atoms with van der Waals surface area (Å²) in [6.07, 6.45) is -2.41. The smallest absolute Gasteiger partial charge is 0.330 e. The third-order valence-electron chi connectivity index (χ3n) is 2.68. The van der Waals surface area contributed by atoms with Crippen LogP contribution in [0, 0.1) is 0 Å². The zero-order valence-corrected chi connectivity index (χ0v) is 11.2. The maximum Gasteiger partial charge on any atom is 0.330 e. The molecule has 1 aromatic rings. The molecule has 9 heteroatoms. The lowest BCUT2D eigenvalue weighted by Crippen LogP contribution is -2.32. The van der Waals surface area contributed by atoms with Gasteiger partial charge in [0.25, 0.3) is 0 Å². The van der Waals surface area contributed by atoms with Crippen molar-refractivity contribution in [3.8, 4) is 0 Å². The molecule has 116 valence electrons. The molecule has 0 amide bonds. The Bertz CT molecular complexity index is 397. The third kappa shape index (κ3) is 5.04. The zero-order chi connectivity index (χ0) is 15.2. The molecule has 0 aliphatic heterocycles. The van der Waals surface area contributed by atoms with Crippen LogP contribution in [0.4, 0.5) is 17.6 Å². The lowest BCUT2D eigenvalue weighted by atomic mass is 10.1. The van der Waals surface area contributed by atoms with Crippen molar-refractivity contribution >= 4 is 0 Å². The van der Waals surface area contributed by atoms with Crippen molar-refractivity contribution in [3.05, 3.63) is 11.7 Å². The zero-order valence-electron chi connectivity index (χ0n) is 11.2. The first-order valence-corrected chi connectivity index (χ1v) is 6.11. The average Bonchev–Trinajstić information content (AvgIpc) is 2.83. The molecule has 1 heterocycles. The van der Waals surface area contributed by atoms with Gasteiger partial charge >= 0.3 is 12.3 Å². The number of hydrogen-bond acceptors (Lipinski definition) is 5. The highest BCUT2D eigenvalue weighted by molar-refractivity contribution is 4.88. The van der Waals surface area contributed by atoms with Gasteiger partial charge in [-0.15, -0.1) is 0 Å². The maximum atomic E-state index is 12.6. The summed E-state index contributed by atoms with van der Waals surface area (Å²) >= 11 is 0. The average molecular weight is 299 g/mol. The Labute approximate surface area is 113 Å². The highest BCUT2D eigenvalue weighted by Gasteiger charge is 2.41. The molecule has 0 radical (unpaired) electrons. The number of nitrogens with one attached hydrogen (secondary N) is 1. The van der Waals surface area contributed by atoms with E-state index < -0.39 is 25.6 Å². The van der Waals surface area contributed by atoms with E-state index in [9.17, 15) is 17.6 Å². The van der Waals surface area contributed by atoms with Gasteiger partial charge in [-0.25, -0.2) is 8.78 Å². The van der Waals surface area contributed by atoms with Gasteiger partial charge < -0.3 is 14.6 Å². The molecule has 0 spiro atoms. The SMILES string of the molecule is CCC(Cc1nc(COCC(F)(F)C(F)F)no1)NC. The Morgan fingerprint density at radius 3 is 2.65 bits per heavy atom. The van der Waals surface area contributed by atoms with E-state index in [1.807, 2.05) is 6.92 Å².